The number of nitro groups is 1. The first-order valence-electron chi connectivity index (χ1n) is 9.87. The predicted molar refractivity (Wildman–Crippen MR) is 114 cm³/mol. The van der Waals surface area contributed by atoms with E-state index >= 15 is 0 Å². The minimum absolute atomic E-state index is 0.110. The molecule has 0 aliphatic heterocycles. The van der Waals surface area contributed by atoms with E-state index < -0.39 is 27.9 Å². The Balaban J connectivity index is 1.99. The van der Waals surface area contributed by atoms with E-state index in [0.717, 1.165) is 5.56 Å². The van der Waals surface area contributed by atoms with Crippen LogP contribution in [0.5, 0.6) is 0 Å². The van der Waals surface area contributed by atoms with E-state index in [-0.39, 0.29) is 17.0 Å². The van der Waals surface area contributed by atoms with Crippen LogP contribution in [0.2, 0.25) is 0 Å². The van der Waals surface area contributed by atoms with Crippen LogP contribution in [-0.4, -0.2) is 22.0 Å². The number of ketones is 2. The smallest absolute Gasteiger partial charge is 0.285 e. The van der Waals surface area contributed by atoms with Crippen LogP contribution in [0.15, 0.2) is 78.9 Å². The summed E-state index contributed by atoms with van der Waals surface area (Å²) in [6.07, 6.45) is 0. The Labute approximate surface area is 174 Å². The van der Waals surface area contributed by atoms with Gasteiger partial charge in [-0.3, -0.25) is 19.7 Å². The zero-order valence-corrected chi connectivity index (χ0v) is 16.7. The largest absolute Gasteiger partial charge is 0.355 e. The second kappa shape index (κ2) is 7.34. The Morgan fingerprint density at radius 1 is 0.700 bits per heavy atom. The molecular weight excluding hydrogens is 378 g/mol. The lowest BCUT2D eigenvalue weighted by atomic mass is 9.72. The summed E-state index contributed by atoms with van der Waals surface area (Å²) in [4.78, 5) is 38.8. The molecular formula is C25H21NO4. The van der Waals surface area contributed by atoms with Crippen molar-refractivity contribution in [1.29, 1.82) is 0 Å². The summed E-state index contributed by atoms with van der Waals surface area (Å²) in [6.45, 7) is 4.12. The van der Waals surface area contributed by atoms with Crippen LogP contribution in [0.4, 0.5) is 0 Å². The van der Waals surface area contributed by atoms with Crippen molar-refractivity contribution in [3.05, 3.63) is 117 Å². The molecule has 3 aromatic carbocycles. The van der Waals surface area contributed by atoms with Gasteiger partial charge in [-0.05, 0) is 22.6 Å². The standard InChI is InChI=1S/C25H21NO4/c1-16(2)17-12-14-19(15-13-17)22(18-8-4-3-5-9-18)25(26(29)30)23(27)20-10-6-7-11-21(20)24(25)28/h3-16,22H,1-2H3/t22-/m1/s1. The molecule has 0 spiro atoms. The number of carbonyl (C=O) groups is 2. The van der Waals surface area contributed by atoms with Crippen LogP contribution in [-0.2, 0) is 0 Å². The first kappa shape index (κ1) is 19.7. The summed E-state index contributed by atoms with van der Waals surface area (Å²) in [5, 5.41) is 12.5. The Kier molecular flexibility index (Phi) is 4.82. The van der Waals surface area contributed by atoms with Crippen LogP contribution in [0.1, 0.15) is 63.1 Å². The van der Waals surface area contributed by atoms with Gasteiger partial charge in [0.25, 0.3) is 0 Å². The fraction of sp³-hybridized carbons (Fsp3) is 0.200. The van der Waals surface area contributed by atoms with E-state index in [0.29, 0.717) is 11.1 Å². The third kappa shape index (κ3) is 2.77. The van der Waals surface area contributed by atoms with E-state index in [9.17, 15) is 19.7 Å². The van der Waals surface area contributed by atoms with Gasteiger partial charge in [-0.1, -0.05) is 92.7 Å². The van der Waals surface area contributed by atoms with Crippen LogP contribution < -0.4 is 0 Å². The number of carbonyl (C=O) groups excluding carboxylic acids is 2. The molecule has 0 heterocycles. The van der Waals surface area contributed by atoms with E-state index in [2.05, 4.69) is 13.8 Å². The highest BCUT2D eigenvalue weighted by Gasteiger charge is 2.68. The predicted octanol–water partition coefficient (Wildman–Crippen LogP) is 5.04. The third-order valence-corrected chi connectivity index (χ3v) is 5.88. The van der Waals surface area contributed by atoms with Crippen molar-refractivity contribution >= 4 is 11.6 Å². The van der Waals surface area contributed by atoms with Crippen molar-refractivity contribution in [2.24, 2.45) is 0 Å². The monoisotopic (exact) mass is 399 g/mol. The van der Waals surface area contributed by atoms with Gasteiger partial charge in [0.15, 0.2) is 0 Å². The molecule has 4 rings (SSSR count). The highest BCUT2D eigenvalue weighted by Crippen LogP contribution is 2.46. The normalized spacial score (nSPS) is 15.8. The number of hydrogen-bond acceptors (Lipinski definition) is 4. The van der Waals surface area contributed by atoms with Gasteiger partial charge in [0.05, 0.1) is 5.92 Å². The lowest BCUT2D eigenvalue weighted by Crippen LogP contribution is -2.54. The highest BCUT2D eigenvalue weighted by atomic mass is 16.6. The summed E-state index contributed by atoms with van der Waals surface area (Å²) >= 11 is 0. The van der Waals surface area contributed by atoms with Gasteiger partial charge in [-0.2, -0.15) is 0 Å². The van der Waals surface area contributed by atoms with Gasteiger partial charge in [0.2, 0.25) is 11.6 Å². The summed E-state index contributed by atoms with van der Waals surface area (Å²) in [5.74, 6) is -2.26. The quantitative estimate of drug-likeness (QED) is 0.342. The number of fused-ring (bicyclic) bond motifs is 1. The Morgan fingerprint density at radius 2 is 1.13 bits per heavy atom. The minimum atomic E-state index is -2.43. The molecule has 1 aliphatic carbocycles. The molecule has 5 nitrogen and oxygen atoms in total. The molecule has 0 N–H and O–H groups in total. The summed E-state index contributed by atoms with van der Waals surface area (Å²) in [5.41, 5.74) is -0.00607. The van der Waals surface area contributed by atoms with Gasteiger partial charge < -0.3 is 0 Å². The van der Waals surface area contributed by atoms with Crippen LogP contribution >= 0.6 is 0 Å². The molecule has 0 amide bonds. The lowest BCUT2D eigenvalue weighted by Gasteiger charge is -2.28. The molecule has 0 unspecified atom stereocenters. The second-order valence-electron chi connectivity index (χ2n) is 7.89. The van der Waals surface area contributed by atoms with Gasteiger partial charge in [-0.15, -0.1) is 0 Å². The van der Waals surface area contributed by atoms with Gasteiger partial charge in [0, 0.05) is 16.1 Å². The van der Waals surface area contributed by atoms with Gasteiger partial charge in [-0.25, -0.2) is 0 Å². The first-order valence-corrected chi connectivity index (χ1v) is 9.87. The zero-order valence-electron chi connectivity index (χ0n) is 16.7. The Hall–Kier alpha value is -3.60. The van der Waals surface area contributed by atoms with Crippen molar-refractivity contribution in [3.63, 3.8) is 0 Å². The third-order valence-electron chi connectivity index (χ3n) is 5.88. The minimum Gasteiger partial charge on any atom is -0.285 e. The number of hydrogen-bond donors (Lipinski definition) is 0. The number of Topliss-reactive ketones (excluding diaryl/α,β-unsaturated/α-hetero) is 2. The topological polar surface area (TPSA) is 77.3 Å². The second-order valence-corrected chi connectivity index (χ2v) is 7.89. The van der Waals surface area contributed by atoms with Crippen LogP contribution in [0, 0.1) is 10.1 Å². The van der Waals surface area contributed by atoms with E-state index in [1.807, 2.05) is 12.1 Å². The number of nitrogens with zero attached hydrogens (tertiary/aromatic N) is 1. The average Bonchev–Trinajstić information content (AvgIpc) is 2.98. The van der Waals surface area contributed by atoms with Crippen molar-refractivity contribution in [2.75, 3.05) is 0 Å². The molecule has 0 bridgehead atoms. The van der Waals surface area contributed by atoms with Crippen LogP contribution in [0.25, 0.3) is 0 Å². The maximum atomic E-state index is 13.5. The SMILES string of the molecule is CC(C)c1ccc([C@@H](c2ccccc2)C2([N+](=O)[O-])C(=O)c3ccccc3C2=O)cc1. The molecule has 150 valence electrons. The number of benzene rings is 3. The Bertz CT molecular complexity index is 1100. The molecule has 1 aliphatic rings. The maximum Gasteiger partial charge on any atom is 0.355 e. The molecule has 30 heavy (non-hydrogen) atoms. The molecule has 0 radical (unpaired) electrons. The molecule has 1 atom stereocenters. The van der Waals surface area contributed by atoms with E-state index in [4.69, 9.17) is 0 Å². The van der Waals surface area contributed by atoms with Crippen molar-refractivity contribution in [1.82, 2.24) is 0 Å². The first-order chi connectivity index (χ1) is 14.4. The fourth-order valence-electron chi connectivity index (χ4n) is 4.32. The Morgan fingerprint density at radius 3 is 1.60 bits per heavy atom. The molecule has 0 saturated carbocycles. The maximum absolute atomic E-state index is 13.5. The van der Waals surface area contributed by atoms with Crippen molar-refractivity contribution in [2.45, 2.75) is 31.2 Å². The molecule has 0 fully saturated rings. The van der Waals surface area contributed by atoms with E-state index in [1.54, 1.807) is 54.6 Å². The summed E-state index contributed by atoms with van der Waals surface area (Å²) < 4.78 is 0. The molecule has 5 heteroatoms. The van der Waals surface area contributed by atoms with E-state index in [1.165, 1.54) is 12.1 Å². The summed E-state index contributed by atoms with van der Waals surface area (Å²) in [7, 11) is 0. The fourth-order valence-corrected chi connectivity index (χ4v) is 4.32. The molecule has 0 saturated heterocycles. The van der Waals surface area contributed by atoms with Crippen molar-refractivity contribution in [3.8, 4) is 0 Å². The zero-order chi connectivity index (χ0) is 21.5. The molecule has 0 aromatic heterocycles. The van der Waals surface area contributed by atoms with Gasteiger partial charge in [0.1, 0.15) is 0 Å². The lowest BCUT2D eigenvalue weighted by molar-refractivity contribution is -0.532. The van der Waals surface area contributed by atoms with Crippen LogP contribution in [0.3, 0.4) is 0 Å². The average molecular weight is 399 g/mol. The molecule has 3 aromatic rings. The highest BCUT2D eigenvalue weighted by molar-refractivity contribution is 6.32. The van der Waals surface area contributed by atoms with Crippen molar-refractivity contribution < 1.29 is 14.5 Å². The summed E-state index contributed by atoms with van der Waals surface area (Å²) in [6, 6.07) is 22.4. The number of rotatable bonds is 5. The van der Waals surface area contributed by atoms with Gasteiger partial charge >= 0.3 is 5.54 Å².